The van der Waals surface area contributed by atoms with Crippen LogP contribution in [0.4, 0.5) is 8.78 Å². The van der Waals surface area contributed by atoms with E-state index in [-0.39, 0.29) is 24.3 Å². The van der Waals surface area contributed by atoms with E-state index < -0.39 is 49.3 Å². The lowest BCUT2D eigenvalue weighted by Gasteiger charge is -2.34. The number of aromatic nitrogens is 1. The van der Waals surface area contributed by atoms with E-state index in [1.54, 1.807) is 29.2 Å². The molecule has 0 saturated carbocycles. The van der Waals surface area contributed by atoms with Gasteiger partial charge in [-0.15, -0.1) is 0 Å². The van der Waals surface area contributed by atoms with Gasteiger partial charge in [-0.05, 0) is 30.7 Å². The van der Waals surface area contributed by atoms with Crippen LogP contribution in [0.15, 0.2) is 30.5 Å². The molecule has 0 aliphatic carbocycles. The van der Waals surface area contributed by atoms with Gasteiger partial charge in [-0.3, -0.25) is 29.1 Å². The predicted molar refractivity (Wildman–Crippen MR) is 145 cm³/mol. The van der Waals surface area contributed by atoms with Gasteiger partial charge >= 0.3 is 5.97 Å². The molecular weight excluding hydrogens is 554 g/mol. The molecule has 42 heavy (non-hydrogen) atoms. The van der Waals surface area contributed by atoms with Crippen molar-refractivity contribution in [2.24, 2.45) is 0 Å². The highest BCUT2D eigenvalue weighted by molar-refractivity contribution is 6.07. The second-order valence-corrected chi connectivity index (χ2v) is 10.3. The molecule has 2 saturated heterocycles. The Morgan fingerprint density at radius 2 is 1.88 bits per heavy atom. The molecule has 4 rings (SSSR count). The molecule has 2 aliphatic rings. The average molecular weight is 587 g/mol. The molecule has 3 heterocycles. The first-order chi connectivity index (χ1) is 20.1. The summed E-state index contributed by atoms with van der Waals surface area (Å²) in [5, 5.41) is 20.8. The molecule has 2 aromatic rings. The fourth-order valence-electron chi connectivity index (χ4n) is 5.03. The number of nitrogens with one attached hydrogen (secondary N) is 1. The lowest BCUT2D eigenvalue weighted by atomic mass is 10.1. The largest absolute Gasteiger partial charge is 0.494 e. The van der Waals surface area contributed by atoms with Crippen LogP contribution in [-0.4, -0.2) is 113 Å². The second-order valence-electron chi connectivity index (χ2n) is 10.3. The number of hydrogen-bond acceptors (Lipinski definition) is 8. The minimum Gasteiger partial charge on any atom is -0.494 e. The Morgan fingerprint density at radius 3 is 2.60 bits per heavy atom. The Hall–Kier alpha value is -4.38. The minimum atomic E-state index is -3.14. The number of hydrogen-bond donors (Lipinski definition) is 2. The molecule has 1 aromatic carbocycles. The van der Waals surface area contributed by atoms with Crippen LogP contribution in [0.1, 0.15) is 36.0 Å². The number of ether oxygens (including phenoxy) is 1. The number of nitrogens with zero attached hydrogens (tertiary/aromatic N) is 5. The van der Waals surface area contributed by atoms with Crippen molar-refractivity contribution in [2.75, 3.05) is 52.4 Å². The Kier molecular flexibility index (Phi) is 9.84. The van der Waals surface area contributed by atoms with E-state index in [1.165, 1.54) is 12.3 Å². The SMILES string of the molecule is N#C[C@@H]1CC(F)(F)CN1C(=O)CNC(=O)c1ccnc2ccc(OCCCN3CCN(C(=O)CCC(=O)O)CC3)cc12. The molecule has 224 valence electrons. The van der Waals surface area contributed by atoms with Gasteiger partial charge in [0.1, 0.15) is 11.8 Å². The third-order valence-corrected chi connectivity index (χ3v) is 7.26. The first-order valence-electron chi connectivity index (χ1n) is 13.6. The zero-order valence-corrected chi connectivity index (χ0v) is 22.9. The predicted octanol–water partition coefficient (Wildman–Crippen LogP) is 1.50. The lowest BCUT2D eigenvalue weighted by molar-refractivity contribution is -0.141. The number of halogens is 2. The van der Waals surface area contributed by atoms with Crippen molar-refractivity contribution in [3.63, 3.8) is 0 Å². The number of fused-ring (bicyclic) bond motifs is 1. The van der Waals surface area contributed by atoms with E-state index >= 15 is 0 Å². The highest BCUT2D eigenvalue weighted by Gasteiger charge is 2.47. The number of piperazine rings is 1. The van der Waals surface area contributed by atoms with Crippen molar-refractivity contribution in [1.29, 1.82) is 5.26 Å². The Balaban J connectivity index is 1.26. The van der Waals surface area contributed by atoms with Crippen molar-refractivity contribution in [2.45, 2.75) is 37.6 Å². The first-order valence-corrected chi connectivity index (χ1v) is 13.6. The lowest BCUT2D eigenvalue weighted by Crippen LogP contribution is -2.49. The molecule has 2 fully saturated rings. The highest BCUT2D eigenvalue weighted by Crippen LogP contribution is 2.31. The third-order valence-electron chi connectivity index (χ3n) is 7.26. The van der Waals surface area contributed by atoms with E-state index in [0.29, 0.717) is 55.9 Å². The number of carbonyl (C=O) groups excluding carboxylic acids is 3. The summed E-state index contributed by atoms with van der Waals surface area (Å²) in [6.07, 6.45) is 1.28. The number of alkyl halides is 2. The normalized spacial score (nSPS) is 18.5. The topological polar surface area (TPSA) is 156 Å². The Morgan fingerprint density at radius 1 is 1.12 bits per heavy atom. The number of amides is 3. The number of carboxylic acid groups (broad SMARTS) is 1. The van der Waals surface area contributed by atoms with E-state index in [4.69, 9.17) is 15.1 Å². The zero-order chi connectivity index (χ0) is 30.3. The molecular formula is C28H32F2N6O6. The van der Waals surface area contributed by atoms with E-state index in [0.717, 1.165) is 11.4 Å². The van der Waals surface area contributed by atoms with Crippen LogP contribution >= 0.6 is 0 Å². The van der Waals surface area contributed by atoms with Crippen molar-refractivity contribution in [3.8, 4) is 11.8 Å². The molecule has 12 nitrogen and oxygen atoms in total. The van der Waals surface area contributed by atoms with Gasteiger partial charge in [0.05, 0.1) is 43.3 Å². The number of carboxylic acids is 1. The third kappa shape index (κ3) is 7.88. The van der Waals surface area contributed by atoms with Crippen molar-refractivity contribution in [3.05, 3.63) is 36.0 Å². The van der Waals surface area contributed by atoms with Gasteiger partial charge in [0, 0.05) is 57.1 Å². The summed E-state index contributed by atoms with van der Waals surface area (Å²) in [6, 6.07) is 7.07. The molecule has 1 aromatic heterocycles. The maximum absolute atomic E-state index is 13.7. The summed E-state index contributed by atoms with van der Waals surface area (Å²) in [4.78, 5) is 57.1. The van der Waals surface area contributed by atoms with Gasteiger partial charge < -0.3 is 25.0 Å². The summed E-state index contributed by atoms with van der Waals surface area (Å²) in [5.74, 6) is -5.10. The van der Waals surface area contributed by atoms with E-state index in [2.05, 4.69) is 15.2 Å². The van der Waals surface area contributed by atoms with Gasteiger partial charge in [0.25, 0.3) is 11.8 Å². The number of likely N-dealkylation sites (tertiary alicyclic amines) is 1. The first kappa shape index (κ1) is 30.6. The van der Waals surface area contributed by atoms with Crippen LogP contribution < -0.4 is 10.1 Å². The van der Waals surface area contributed by atoms with Crippen molar-refractivity contribution in [1.82, 2.24) is 25.0 Å². The quantitative estimate of drug-likeness (QED) is 0.373. The van der Waals surface area contributed by atoms with Gasteiger partial charge in [0.2, 0.25) is 11.8 Å². The monoisotopic (exact) mass is 586 g/mol. The number of pyridine rings is 1. The molecule has 3 amide bonds. The maximum Gasteiger partial charge on any atom is 0.303 e. The van der Waals surface area contributed by atoms with Crippen LogP contribution in [0.2, 0.25) is 0 Å². The summed E-state index contributed by atoms with van der Waals surface area (Å²) < 4.78 is 33.2. The highest BCUT2D eigenvalue weighted by atomic mass is 19.3. The molecule has 0 spiro atoms. The minimum absolute atomic E-state index is 0.00874. The van der Waals surface area contributed by atoms with Crippen LogP contribution in [0, 0.1) is 11.3 Å². The van der Waals surface area contributed by atoms with E-state index in [9.17, 15) is 28.0 Å². The Bertz CT molecular complexity index is 1370. The fraction of sp³-hybridized carbons (Fsp3) is 0.500. The van der Waals surface area contributed by atoms with Crippen molar-refractivity contribution >= 4 is 34.6 Å². The van der Waals surface area contributed by atoms with Gasteiger partial charge in [0.15, 0.2) is 0 Å². The summed E-state index contributed by atoms with van der Waals surface area (Å²) >= 11 is 0. The van der Waals surface area contributed by atoms with E-state index in [1.807, 2.05) is 0 Å². The molecule has 2 N–H and O–H groups in total. The molecule has 0 unspecified atom stereocenters. The fourth-order valence-corrected chi connectivity index (χ4v) is 5.03. The number of carbonyl (C=O) groups is 4. The van der Waals surface area contributed by atoms with Crippen LogP contribution in [-0.2, 0) is 14.4 Å². The Labute approximate surface area is 240 Å². The van der Waals surface area contributed by atoms with Crippen LogP contribution in [0.5, 0.6) is 5.75 Å². The maximum atomic E-state index is 13.7. The standard InChI is InChI=1S/C28H32F2N6O6/c29-28(30)15-19(16-31)36(18-28)25(38)17-33-27(41)21-6-7-32-23-3-2-20(14-22(21)23)42-13-1-8-34-9-11-35(12-10-34)24(37)4-5-26(39)40/h2-3,6-7,14,19H,1,4-5,8-13,15,17-18H2,(H,33,41)(H,39,40)/t19-/m0/s1. The van der Waals surface area contributed by atoms with Crippen molar-refractivity contribution < 1.29 is 37.8 Å². The molecule has 2 aliphatic heterocycles. The van der Waals surface area contributed by atoms with Gasteiger partial charge in [-0.2, -0.15) is 5.26 Å². The summed E-state index contributed by atoms with van der Waals surface area (Å²) in [5.41, 5.74) is 0.762. The van der Waals surface area contributed by atoms with Crippen LogP contribution in [0.3, 0.4) is 0 Å². The number of aliphatic carboxylic acids is 1. The molecule has 14 heteroatoms. The van der Waals surface area contributed by atoms with Gasteiger partial charge in [-0.1, -0.05) is 0 Å². The second kappa shape index (κ2) is 13.5. The molecule has 0 bridgehead atoms. The van der Waals surface area contributed by atoms with Gasteiger partial charge in [-0.25, -0.2) is 8.78 Å². The molecule has 1 atom stereocenters. The average Bonchev–Trinajstić information content (AvgIpc) is 3.31. The summed E-state index contributed by atoms with van der Waals surface area (Å²) in [6.45, 7) is 2.26. The molecule has 0 radical (unpaired) electrons. The number of benzene rings is 1. The summed E-state index contributed by atoms with van der Waals surface area (Å²) in [7, 11) is 0. The van der Waals surface area contributed by atoms with Crippen LogP contribution in [0.25, 0.3) is 10.9 Å². The smallest absolute Gasteiger partial charge is 0.303 e. The number of rotatable bonds is 11. The number of nitriles is 1. The zero-order valence-electron chi connectivity index (χ0n) is 22.9.